The molecule has 3 heterocycles. The van der Waals surface area contributed by atoms with Gasteiger partial charge in [-0.2, -0.15) is 5.10 Å². The fourth-order valence-corrected chi connectivity index (χ4v) is 3.70. The second-order valence-electron chi connectivity index (χ2n) is 6.81. The Morgan fingerprint density at radius 2 is 1.88 bits per heavy atom. The van der Waals surface area contributed by atoms with Crippen molar-refractivity contribution in [2.75, 3.05) is 26.2 Å². The van der Waals surface area contributed by atoms with E-state index in [1.165, 1.54) is 6.42 Å². The van der Waals surface area contributed by atoms with Crippen LogP contribution in [0.1, 0.15) is 39.0 Å². The van der Waals surface area contributed by atoms with Crippen molar-refractivity contribution < 1.29 is 9.59 Å². The molecule has 7 nitrogen and oxygen atoms in total. The van der Waals surface area contributed by atoms with Crippen molar-refractivity contribution in [1.82, 2.24) is 25.3 Å². The van der Waals surface area contributed by atoms with E-state index in [-0.39, 0.29) is 24.2 Å². The monoisotopic (exact) mass is 369 g/mol. The average Bonchev–Trinajstić information content (AvgIpc) is 3.17. The zero-order chi connectivity index (χ0) is 17.0. The minimum atomic E-state index is -0.703. The average molecular weight is 370 g/mol. The highest BCUT2D eigenvalue weighted by atomic mass is 35.5. The van der Waals surface area contributed by atoms with Gasteiger partial charge < -0.3 is 15.5 Å². The van der Waals surface area contributed by atoms with E-state index in [0.29, 0.717) is 12.8 Å². The number of piperidine rings is 2. The van der Waals surface area contributed by atoms with E-state index in [1.54, 1.807) is 17.8 Å². The van der Waals surface area contributed by atoms with Gasteiger partial charge in [-0.05, 0) is 58.2 Å². The standard InChI is InChI=1S/C17H27N5O2.ClH/c1-14(15(23)21-11-3-2-4-12-21)20-16(24)17(6-9-18-10-7-17)22-13-5-8-19-22;/h5,8,13-14,18H,2-4,6-7,9-12H2,1H3,(H,20,24);1H/t14-;/m0./s1. The van der Waals surface area contributed by atoms with E-state index >= 15 is 0 Å². The summed E-state index contributed by atoms with van der Waals surface area (Å²) in [5, 5.41) is 10.6. The summed E-state index contributed by atoms with van der Waals surface area (Å²) in [5.74, 6) is -0.0850. The molecule has 3 rings (SSSR count). The largest absolute Gasteiger partial charge is 0.342 e. The Kier molecular flexibility index (Phi) is 6.84. The molecule has 2 N–H and O–H groups in total. The minimum Gasteiger partial charge on any atom is -0.342 e. The lowest BCUT2D eigenvalue weighted by Gasteiger charge is -2.37. The maximum atomic E-state index is 13.0. The fraction of sp³-hybridized carbons (Fsp3) is 0.706. The van der Waals surface area contributed by atoms with Gasteiger partial charge in [0.15, 0.2) is 0 Å². The molecular formula is C17H28ClN5O2. The summed E-state index contributed by atoms with van der Waals surface area (Å²) in [6, 6.07) is 1.33. The SMILES string of the molecule is C[C@H](NC(=O)C1(n2cccn2)CCNCC1)C(=O)N1CCCCC1.Cl. The summed E-state index contributed by atoms with van der Waals surface area (Å²) in [5.41, 5.74) is -0.703. The van der Waals surface area contributed by atoms with Crippen molar-refractivity contribution in [1.29, 1.82) is 0 Å². The number of carbonyl (C=O) groups is 2. The highest BCUT2D eigenvalue weighted by molar-refractivity contribution is 5.91. The van der Waals surface area contributed by atoms with Gasteiger partial charge in [-0.25, -0.2) is 0 Å². The van der Waals surface area contributed by atoms with Crippen molar-refractivity contribution in [3.63, 3.8) is 0 Å². The number of aromatic nitrogens is 2. The molecular weight excluding hydrogens is 342 g/mol. The van der Waals surface area contributed by atoms with Crippen LogP contribution in [0.25, 0.3) is 0 Å². The molecule has 1 atom stereocenters. The van der Waals surface area contributed by atoms with Crippen LogP contribution in [-0.4, -0.2) is 58.7 Å². The van der Waals surface area contributed by atoms with Gasteiger partial charge in [0, 0.05) is 25.5 Å². The first-order chi connectivity index (χ1) is 11.6. The summed E-state index contributed by atoms with van der Waals surface area (Å²) >= 11 is 0. The Hall–Kier alpha value is -1.60. The number of amides is 2. The van der Waals surface area contributed by atoms with Crippen LogP contribution >= 0.6 is 12.4 Å². The van der Waals surface area contributed by atoms with Gasteiger partial charge in [0.05, 0.1) is 0 Å². The molecule has 0 unspecified atom stereocenters. The molecule has 140 valence electrons. The molecule has 0 bridgehead atoms. The van der Waals surface area contributed by atoms with Crippen molar-refractivity contribution in [3.05, 3.63) is 18.5 Å². The number of nitrogens with zero attached hydrogens (tertiary/aromatic N) is 3. The molecule has 2 saturated heterocycles. The number of nitrogens with one attached hydrogen (secondary N) is 2. The molecule has 2 amide bonds. The zero-order valence-electron chi connectivity index (χ0n) is 14.7. The van der Waals surface area contributed by atoms with Crippen LogP contribution in [0.5, 0.6) is 0 Å². The Morgan fingerprint density at radius 3 is 2.48 bits per heavy atom. The minimum absolute atomic E-state index is 0. The smallest absolute Gasteiger partial charge is 0.248 e. The fourth-order valence-electron chi connectivity index (χ4n) is 3.70. The van der Waals surface area contributed by atoms with Gasteiger partial charge >= 0.3 is 0 Å². The highest BCUT2D eigenvalue weighted by Crippen LogP contribution is 2.27. The van der Waals surface area contributed by atoms with Crippen LogP contribution in [0, 0.1) is 0 Å². The van der Waals surface area contributed by atoms with E-state index in [4.69, 9.17) is 0 Å². The molecule has 1 aromatic rings. The third-order valence-corrected chi connectivity index (χ3v) is 5.18. The highest BCUT2D eigenvalue weighted by Gasteiger charge is 2.43. The molecule has 2 fully saturated rings. The van der Waals surface area contributed by atoms with Crippen LogP contribution in [0.3, 0.4) is 0 Å². The quantitative estimate of drug-likeness (QED) is 0.826. The Bertz CT molecular complexity index is 566. The summed E-state index contributed by atoms with van der Waals surface area (Å²) in [4.78, 5) is 27.5. The van der Waals surface area contributed by atoms with Gasteiger partial charge in [-0.15, -0.1) is 12.4 Å². The third-order valence-electron chi connectivity index (χ3n) is 5.18. The van der Waals surface area contributed by atoms with Crippen molar-refractivity contribution in [2.24, 2.45) is 0 Å². The lowest BCUT2D eigenvalue weighted by Crippen LogP contribution is -2.58. The van der Waals surface area contributed by atoms with Crippen molar-refractivity contribution >= 4 is 24.2 Å². The molecule has 0 aliphatic carbocycles. The van der Waals surface area contributed by atoms with Gasteiger partial charge in [-0.1, -0.05) is 0 Å². The maximum Gasteiger partial charge on any atom is 0.248 e. The second-order valence-corrected chi connectivity index (χ2v) is 6.81. The Balaban J connectivity index is 0.00000225. The van der Waals surface area contributed by atoms with E-state index < -0.39 is 11.6 Å². The first-order valence-electron chi connectivity index (χ1n) is 8.94. The summed E-state index contributed by atoms with van der Waals surface area (Å²) in [6.07, 6.45) is 8.15. The summed E-state index contributed by atoms with van der Waals surface area (Å²) < 4.78 is 1.75. The first-order valence-corrected chi connectivity index (χ1v) is 8.94. The van der Waals surface area contributed by atoms with Gasteiger partial charge in [0.1, 0.15) is 11.6 Å². The topological polar surface area (TPSA) is 79.3 Å². The number of rotatable bonds is 4. The predicted molar refractivity (Wildman–Crippen MR) is 97.6 cm³/mol. The molecule has 1 aromatic heterocycles. The molecule has 2 aliphatic rings. The zero-order valence-corrected chi connectivity index (χ0v) is 15.6. The van der Waals surface area contributed by atoms with Crippen LogP contribution in [0.2, 0.25) is 0 Å². The molecule has 2 aliphatic heterocycles. The van der Waals surface area contributed by atoms with Crippen LogP contribution in [0.15, 0.2) is 18.5 Å². The maximum absolute atomic E-state index is 13.0. The third kappa shape index (κ3) is 4.15. The number of likely N-dealkylation sites (tertiary alicyclic amines) is 1. The predicted octanol–water partition coefficient (Wildman–Crippen LogP) is 0.901. The van der Waals surface area contributed by atoms with E-state index in [9.17, 15) is 9.59 Å². The lowest BCUT2D eigenvalue weighted by atomic mass is 9.87. The van der Waals surface area contributed by atoms with Crippen LogP contribution < -0.4 is 10.6 Å². The molecule has 8 heteroatoms. The van der Waals surface area contributed by atoms with Crippen molar-refractivity contribution in [3.8, 4) is 0 Å². The number of hydrogen-bond acceptors (Lipinski definition) is 4. The van der Waals surface area contributed by atoms with Gasteiger partial charge in [-0.3, -0.25) is 14.3 Å². The van der Waals surface area contributed by atoms with E-state index in [0.717, 1.165) is 39.0 Å². The van der Waals surface area contributed by atoms with Crippen molar-refractivity contribution in [2.45, 2.75) is 50.6 Å². The molecule has 25 heavy (non-hydrogen) atoms. The van der Waals surface area contributed by atoms with Gasteiger partial charge in [0.2, 0.25) is 11.8 Å². The second kappa shape index (κ2) is 8.67. The molecule has 0 spiro atoms. The van der Waals surface area contributed by atoms with Crippen LogP contribution in [0.4, 0.5) is 0 Å². The number of hydrogen-bond donors (Lipinski definition) is 2. The Labute approximate surface area is 154 Å². The van der Waals surface area contributed by atoms with E-state index in [2.05, 4.69) is 15.7 Å². The number of halogens is 1. The molecule has 0 saturated carbocycles. The Morgan fingerprint density at radius 1 is 1.20 bits per heavy atom. The summed E-state index contributed by atoms with van der Waals surface area (Å²) in [7, 11) is 0. The normalized spacial score (nSPS) is 21.1. The van der Waals surface area contributed by atoms with Crippen LogP contribution in [-0.2, 0) is 15.1 Å². The van der Waals surface area contributed by atoms with Gasteiger partial charge in [0.25, 0.3) is 0 Å². The van der Waals surface area contributed by atoms with E-state index in [1.807, 2.05) is 17.2 Å². The molecule has 0 aromatic carbocycles. The molecule has 0 radical (unpaired) electrons. The first kappa shape index (κ1) is 19.7. The number of carbonyl (C=O) groups excluding carboxylic acids is 2. The summed E-state index contributed by atoms with van der Waals surface area (Å²) in [6.45, 7) is 4.91. The lowest BCUT2D eigenvalue weighted by molar-refractivity contribution is -0.140.